The third kappa shape index (κ3) is 5.05. The Balaban J connectivity index is 1.63. The minimum absolute atomic E-state index is 0.0987. The van der Waals surface area contributed by atoms with Crippen molar-refractivity contribution in [3.8, 4) is 11.5 Å². The Morgan fingerprint density at radius 1 is 1.20 bits per heavy atom. The summed E-state index contributed by atoms with van der Waals surface area (Å²) in [5.74, 6) is -0.0716. The predicted octanol–water partition coefficient (Wildman–Crippen LogP) is 4.54. The molecule has 0 bridgehead atoms. The number of aryl methyl sites for hydroxylation is 2. The molecule has 0 aliphatic carbocycles. The van der Waals surface area contributed by atoms with Crippen molar-refractivity contribution in [2.24, 2.45) is 0 Å². The van der Waals surface area contributed by atoms with Crippen LogP contribution >= 0.6 is 11.6 Å². The molecule has 5 nitrogen and oxygen atoms in total. The van der Waals surface area contributed by atoms with Crippen molar-refractivity contribution in [2.75, 3.05) is 26.8 Å². The normalized spacial score (nSPS) is 19.3. The summed E-state index contributed by atoms with van der Waals surface area (Å²) in [4.78, 5) is 14.4. The van der Waals surface area contributed by atoms with Crippen LogP contribution in [-0.4, -0.2) is 48.3 Å². The molecule has 2 aromatic rings. The fraction of sp³-hybridized carbons (Fsp3) is 0.435. The Kier molecular flexibility index (Phi) is 6.88. The number of carbonyl (C=O) groups excluding carboxylic acids is 1. The minimum Gasteiger partial charge on any atom is -0.494 e. The molecule has 1 heterocycles. The predicted molar refractivity (Wildman–Crippen MR) is 114 cm³/mol. The third-order valence-corrected chi connectivity index (χ3v) is 6.12. The number of ether oxygens (including phenoxy) is 2. The molecule has 1 atom stereocenters. The Hall–Kier alpha value is -2.31. The quantitative estimate of drug-likeness (QED) is 0.749. The maximum absolute atomic E-state index is 14.0. The number of hydrogen-bond donors (Lipinski definition) is 1. The van der Waals surface area contributed by atoms with E-state index in [9.17, 15) is 14.3 Å². The molecule has 1 aliphatic heterocycles. The van der Waals surface area contributed by atoms with Crippen LogP contribution in [0.25, 0.3) is 0 Å². The van der Waals surface area contributed by atoms with Gasteiger partial charge in [-0.2, -0.15) is 0 Å². The van der Waals surface area contributed by atoms with Crippen LogP contribution in [-0.2, 0) is 0 Å². The SMILES string of the molecule is COc1ccc(C(=O)N2CCCC(O)(COc3cc(C)c(Cl)c(C)c3)CC2)cc1F. The molecular weight excluding hydrogens is 409 g/mol. The number of aliphatic hydroxyl groups is 1. The van der Waals surface area contributed by atoms with Gasteiger partial charge in [0.1, 0.15) is 18.0 Å². The highest BCUT2D eigenvalue weighted by Gasteiger charge is 2.33. The van der Waals surface area contributed by atoms with Gasteiger partial charge >= 0.3 is 0 Å². The first-order chi connectivity index (χ1) is 14.2. The molecule has 0 radical (unpaired) electrons. The molecule has 7 heteroatoms. The van der Waals surface area contributed by atoms with Gasteiger partial charge < -0.3 is 19.5 Å². The van der Waals surface area contributed by atoms with E-state index < -0.39 is 11.4 Å². The second-order valence-corrected chi connectivity index (χ2v) is 8.26. The van der Waals surface area contributed by atoms with E-state index in [-0.39, 0.29) is 23.8 Å². The Bertz CT molecular complexity index is 912. The highest BCUT2D eigenvalue weighted by atomic mass is 35.5. The van der Waals surface area contributed by atoms with Gasteiger partial charge in [-0.25, -0.2) is 4.39 Å². The molecule has 162 valence electrons. The molecular formula is C23H27ClFNO4. The lowest BCUT2D eigenvalue weighted by atomic mass is 9.96. The molecule has 1 aliphatic rings. The molecule has 1 N–H and O–H groups in total. The highest BCUT2D eigenvalue weighted by molar-refractivity contribution is 6.32. The second-order valence-electron chi connectivity index (χ2n) is 7.88. The number of nitrogens with zero attached hydrogens (tertiary/aromatic N) is 1. The molecule has 0 spiro atoms. The van der Waals surface area contributed by atoms with Crippen LogP contribution in [0.4, 0.5) is 4.39 Å². The summed E-state index contributed by atoms with van der Waals surface area (Å²) < 4.78 is 24.7. The van der Waals surface area contributed by atoms with Crippen molar-refractivity contribution in [1.29, 1.82) is 0 Å². The Labute approximate surface area is 181 Å². The molecule has 1 fully saturated rings. The summed E-state index contributed by atoms with van der Waals surface area (Å²) in [6.45, 7) is 4.81. The standard InChI is InChI=1S/C23H27ClFNO4/c1-15-11-18(12-16(2)21(15)24)30-14-23(28)7-4-9-26(10-8-23)22(27)17-5-6-20(29-3)19(25)13-17/h5-6,11-13,28H,4,7-10,14H2,1-3H3. The zero-order chi connectivity index (χ0) is 21.9. The van der Waals surface area contributed by atoms with Crippen LogP contribution in [0, 0.1) is 19.7 Å². The molecule has 30 heavy (non-hydrogen) atoms. The van der Waals surface area contributed by atoms with Crippen molar-refractivity contribution < 1.29 is 23.8 Å². The van der Waals surface area contributed by atoms with Gasteiger partial charge in [-0.3, -0.25) is 4.79 Å². The first-order valence-electron chi connectivity index (χ1n) is 9.97. The summed E-state index contributed by atoms with van der Waals surface area (Å²) in [6, 6.07) is 7.88. The number of benzene rings is 2. The summed E-state index contributed by atoms with van der Waals surface area (Å²) >= 11 is 6.20. The fourth-order valence-corrected chi connectivity index (χ4v) is 3.82. The average molecular weight is 436 g/mol. The van der Waals surface area contributed by atoms with E-state index >= 15 is 0 Å². The number of methoxy groups -OCH3 is 1. The van der Waals surface area contributed by atoms with Gasteiger partial charge in [0.25, 0.3) is 5.91 Å². The Morgan fingerprint density at radius 3 is 2.53 bits per heavy atom. The van der Waals surface area contributed by atoms with Crippen molar-refractivity contribution in [3.63, 3.8) is 0 Å². The van der Waals surface area contributed by atoms with E-state index in [0.29, 0.717) is 43.1 Å². The van der Waals surface area contributed by atoms with Crippen LogP contribution < -0.4 is 9.47 Å². The van der Waals surface area contributed by atoms with E-state index in [1.165, 1.54) is 19.2 Å². The number of hydrogen-bond acceptors (Lipinski definition) is 4. The van der Waals surface area contributed by atoms with Crippen molar-refractivity contribution in [3.05, 3.63) is 57.9 Å². The fourth-order valence-electron chi connectivity index (χ4n) is 3.72. The maximum Gasteiger partial charge on any atom is 0.253 e. The summed E-state index contributed by atoms with van der Waals surface area (Å²) in [5.41, 5.74) is 1.06. The lowest BCUT2D eigenvalue weighted by Gasteiger charge is -2.27. The van der Waals surface area contributed by atoms with Gasteiger partial charge in [0.05, 0.1) is 7.11 Å². The largest absolute Gasteiger partial charge is 0.494 e. The van der Waals surface area contributed by atoms with Crippen molar-refractivity contribution >= 4 is 17.5 Å². The first kappa shape index (κ1) is 22.4. The summed E-state index contributed by atoms with van der Waals surface area (Å²) in [5, 5.41) is 11.7. The van der Waals surface area contributed by atoms with Gasteiger partial charge in [0.15, 0.2) is 11.6 Å². The van der Waals surface area contributed by atoms with Crippen LogP contribution in [0.5, 0.6) is 11.5 Å². The van der Waals surface area contributed by atoms with Gasteiger partial charge in [0, 0.05) is 23.7 Å². The minimum atomic E-state index is -1.04. The summed E-state index contributed by atoms with van der Waals surface area (Å²) in [7, 11) is 1.38. The molecule has 2 aromatic carbocycles. The van der Waals surface area contributed by atoms with Crippen LogP contribution in [0.2, 0.25) is 5.02 Å². The van der Waals surface area contributed by atoms with Gasteiger partial charge in [0.2, 0.25) is 0 Å². The van der Waals surface area contributed by atoms with E-state index in [0.717, 1.165) is 11.1 Å². The zero-order valence-electron chi connectivity index (χ0n) is 17.5. The van der Waals surface area contributed by atoms with Crippen LogP contribution in [0.1, 0.15) is 40.7 Å². The zero-order valence-corrected chi connectivity index (χ0v) is 18.3. The van der Waals surface area contributed by atoms with Crippen LogP contribution in [0.15, 0.2) is 30.3 Å². The van der Waals surface area contributed by atoms with Gasteiger partial charge in [-0.05, 0) is 74.6 Å². The van der Waals surface area contributed by atoms with E-state index in [1.807, 2.05) is 26.0 Å². The lowest BCUT2D eigenvalue weighted by molar-refractivity contribution is -0.0163. The van der Waals surface area contributed by atoms with Crippen LogP contribution in [0.3, 0.4) is 0 Å². The molecule has 1 amide bonds. The molecule has 0 aromatic heterocycles. The number of likely N-dealkylation sites (tertiary alicyclic amines) is 1. The first-order valence-corrected chi connectivity index (χ1v) is 10.3. The lowest BCUT2D eigenvalue weighted by Crippen LogP contribution is -2.38. The van der Waals surface area contributed by atoms with E-state index in [4.69, 9.17) is 21.1 Å². The number of amides is 1. The average Bonchev–Trinajstić information content (AvgIpc) is 2.92. The molecule has 1 saturated heterocycles. The monoisotopic (exact) mass is 435 g/mol. The van der Waals surface area contributed by atoms with Crippen molar-refractivity contribution in [1.82, 2.24) is 4.90 Å². The summed E-state index contributed by atoms with van der Waals surface area (Å²) in [6.07, 6.45) is 1.52. The van der Waals surface area contributed by atoms with Gasteiger partial charge in [-0.1, -0.05) is 11.6 Å². The smallest absolute Gasteiger partial charge is 0.253 e. The van der Waals surface area contributed by atoms with E-state index in [2.05, 4.69) is 0 Å². The Morgan fingerprint density at radius 2 is 1.90 bits per heavy atom. The number of rotatable bonds is 5. The molecule has 0 saturated carbocycles. The van der Waals surface area contributed by atoms with E-state index in [1.54, 1.807) is 11.0 Å². The number of halogens is 2. The second kappa shape index (κ2) is 9.23. The third-order valence-electron chi connectivity index (χ3n) is 5.52. The maximum atomic E-state index is 14.0. The highest BCUT2D eigenvalue weighted by Crippen LogP contribution is 2.29. The molecule has 1 unspecified atom stereocenters. The molecule has 3 rings (SSSR count). The number of carbonyl (C=O) groups is 1. The topological polar surface area (TPSA) is 59.0 Å². The van der Waals surface area contributed by atoms with Gasteiger partial charge in [-0.15, -0.1) is 0 Å². The van der Waals surface area contributed by atoms with Crippen molar-refractivity contribution in [2.45, 2.75) is 38.7 Å².